The first-order valence-corrected chi connectivity index (χ1v) is 9.59. The molecule has 0 radical (unpaired) electrons. The zero-order valence-corrected chi connectivity index (χ0v) is 16.0. The number of fused-ring (bicyclic) bond motifs is 1. The Morgan fingerprint density at radius 1 is 1.08 bits per heavy atom. The molecular weight excluding hydrogens is 441 g/mol. The molecule has 5 nitrogen and oxygen atoms in total. The Balaban J connectivity index is 2.40. The summed E-state index contributed by atoms with van der Waals surface area (Å²) in [6.45, 7) is 1.88. The van der Waals surface area contributed by atoms with Gasteiger partial charge in [-0.15, -0.1) is 0 Å². The molecule has 0 aliphatic carbocycles. The van der Waals surface area contributed by atoms with Crippen molar-refractivity contribution in [1.82, 2.24) is 3.97 Å². The maximum Gasteiger partial charge on any atom is 0.356 e. The topological polar surface area (TPSA) is 65.4 Å². The van der Waals surface area contributed by atoms with E-state index in [1.54, 1.807) is 36.4 Å². The highest BCUT2D eigenvalue weighted by Crippen LogP contribution is 2.31. The van der Waals surface area contributed by atoms with Gasteiger partial charge in [0.1, 0.15) is 0 Å². The lowest BCUT2D eigenvalue weighted by atomic mass is 10.2. The maximum atomic E-state index is 13.2. The number of benzene rings is 2. The molecule has 0 amide bonds. The van der Waals surface area contributed by atoms with E-state index < -0.39 is 16.0 Å². The average molecular weight is 455 g/mol. The minimum absolute atomic E-state index is 0.0138. The fourth-order valence-corrected chi connectivity index (χ4v) is 5.10. The van der Waals surface area contributed by atoms with Crippen LogP contribution in [-0.2, 0) is 14.8 Å². The third kappa shape index (κ3) is 2.61. The standard InChI is InChI=1S/C17H14INO4S/c1-11-7-9-12(10-8-11)24(21,22)19-14-6-4-3-5-13(14)15(18)16(19)17(20)23-2/h3-10H,1-2H3. The molecule has 3 aromatic rings. The molecule has 2 aromatic carbocycles. The van der Waals surface area contributed by atoms with Gasteiger partial charge in [0, 0.05) is 5.39 Å². The first kappa shape index (κ1) is 17.0. The van der Waals surface area contributed by atoms with Crippen LogP contribution in [0, 0.1) is 10.5 Å². The zero-order chi connectivity index (χ0) is 17.5. The highest BCUT2D eigenvalue weighted by atomic mass is 127. The zero-order valence-electron chi connectivity index (χ0n) is 13.0. The second-order valence-corrected chi connectivity index (χ2v) is 8.12. The van der Waals surface area contributed by atoms with Crippen molar-refractivity contribution in [3.63, 3.8) is 0 Å². The number of ether oxygens (including phenoxy) is 1. The third-order valence-electron chi connectivity index (χ3n) is 3.71. The van der Waals surface area contributed by atoms with E-state index in [4.69, 9.17) is 4.74 Å². The smallest absolute Gasteiger partial charge is 0.356 e. The van der Waals surface area contributed by atoms with Crippen LogP contribution < -0.4 is 0 Å². The molecule has 0 saturated heterocycles. The summed E-state index contributed by atoms with van der Waals surface area (Å²) < 4.78 is 32.8. The van der Waals surface area contributed by atoms with Gasteiger partial charge in [0.05, 0.1) is 21.1 Å². The molecule has 3 rings (SSSR count). The van der Waals surface area contributed by atoms with E-state index in [1.165, 1.54) is 19.2 Å². The number of hydrogen-bond acceptors (Lipinski definition) is 4. The number of rotatable bonds is 3. The van der Waals surface area contributed by atoms with Crippen LogP contribution in [0.1, 0.15) is 16.1 Å². The Morgan fingerprint density at radius 3 is 2.33 bits per heavy atom. The monoisotopic (exact) mass is 455 g/mol. The van der Waals surface area contributed by atoms with Crippen LogP contribution in [0.5, 0.6) is 0 Å². The number of nitrogens with zero attached hydrogens (tertiary/aromatic N) is 1. The molecule has 0 bridgehead atoms. The predicted octanol–water partition coefficient (Wildman–Crippen LogP) is 3.58. The number of aryl methyl sites for hydroxylation is 1. The predicted molar refractivity (Wildman–Crippen MR) is 99.8 cm³/mol. The van der Waals surface area contributed by atoms with Gasteiger partial charge in [-0.1, -0.05) is 35.9 Å². The van der Waals surface area contributed by atoms with Gasteiger partial charge in [-0.3, -0.25) is 0 Å². The lowest BCUT2D eigenvalue weighted by Crippen LogP contribution is -2.20. The summed E-state index contributed by atoms with van der Waals surface area (Å²) in [6, 6.07) is 13.5. The summed E-state index contributed by atoms with van der Waals surface area (Å²) in [5.74, 6) is -0.689. The van der Waals surface area contributed by atoms with E-state index >= 15 is 0 Å². The molecular formula is C17H14INO4S. The molecule has 0 saturated carbocycles. The van der Waals surface area contributed by atoms with Crippen molar-refractivity contribution >= 4 is 49.5 Å². The number of carbonyl (C=O) groups is 1. The molecule has 0 fully saturated rings. The van der Waals surface area contributed by atoms with Crippen molar-refractivity contribution in [2.45, 2.75) is 11.8 Å². The van der Waals surface area contributed by atoms with E-state index in [9.17, 15) is 13.2 Å². The van der Waals surface area contributed by atoms with Gasteiger partial charge in [0.2, 0.25) is 0 Å². The summed E-state index contributed by atoms with van der Waals surface area (Å²) in [6.07, 6.45) is 0. The van der Waals surface area contributed by atoms with Crippen LogP contribution in [0.25, 0.3) is 10.9 Å². The van der Waals surface area contributed by atoms with E-state index in [0.29, 0.717) is 14.5 Å². The summed E-state index contributed by atoms with van der Waals surface area (Å²) in [5, 5.41) is 0.689. The maximum absolute atomic E-state index is 13.2. The summed E-state index contributed by atoms with van der Waals surface area (Å²) in [4.78, 5) is 12.4. The highest BCUT2D eigenvalue weighted by molar-refractivity contribution is 14.1. The van der Waals surface area contributed by atoms with Crippen LogP contribution >= 0.6 is 22.6 Å². The number of hydrogen-bond donors (Lipinski definition) is 0. The second-order valence-electron chi connectivity index (χ2n) is 5.25. The Morgan fingerprint density at radius 2 is 1.71 bits per heavy atom. The number of halogens is 1. The SMILES string of the molecule is COC(=O)c1c(I)c2ccccc2n1S(=O)(=O)c1ccc(C)cc1. The molecule has 0 spiro atoms. The van der Waals surface area contributed by atoms with Gasteiger partial charge in [-0.05, 0) is 47.7 Å². The molecule has 0 unspecified atom stereocenters. The van der Waals surface area contributed by atoms with Gasteiger partial charge < -0.3 is 4.74 Å². The van der Waals surface area contributed by atoms with E-state index in [0.717, 1.165) is 9.54 Å². The number of carbonyl (C=O) groups excluding carboxylic acids is 1. The van der Waals surface area contributed by atoms with Crippen molar-refractivity contribution in [3.05, 3.63) is 63.4 Å². The third-order valence-corrected chi connectivity index (χ3v) is 6.53. The number of para-hydroxylation sites is 1. The first-order chi connectivity index (χ1) is 11.4. The Labute approximate surface area is 153 Å². The lowest BCUT2D eigenvalue weighted by molar-refractivity contribution is 0.0592. The van der Waals surface area contributed by atoms with E-state index in [2.05, 4.69) is 0 Å². The van der Waals surface area contributed by atoms with E-state index in [1.807, 2.05) is 29.5 Å². The molecule has 7 heteroatoms. The number of aromatic nitrogens is 1. The van der Waals surface area contributed by atoms with Gasteiger partial charge in [-0.2, -0.15) is 0 Å². The number of methoxy groups -OCH3 is 1. The minimum Gasteiger partial charge on any atom is -0.464 e. The van der Waals surface area contributed by atoms with Crippen molar-refractivity contribution in [3.8, 4) is 0 Å². The van der Waals surface area contributed by atoms with E-state index in [-0.39, 0.29) is 10.6 Å². The molecule has 0 aliphatic rings. The van der Waals surface area contributed by atoms with Gasteiger partial charge in [0.15, 0.2) is 5.69 Å². The van der Waals surface area contributed by atoms with Crippen LogP contribution in [0.15, 0.2) is 53.4 Å². The molecule has 1 heterocycles. The van der Waals surface area contributed by atoms with Gasteiger partial charge >= 0.3 is 5.97 Å². The van der Waals surface area contributed by atoms with Crippen molar-refractivity contribution in [1.29, 1.82) is 0 Å². The van der Waals surface area contributed by atoms with Crippen molar-refractivity contribution in [2.75, 3.05) is 7.11 Å². The summed E-state index contributed by atoms with van der Waals surface area (Å²) >= 11 is 1.98. The molecule has 1 aromatic heterocycles. The van der Waals surface area contributed by atoms with Crippen molar-refractivity contribution < 1.29 is 17.9 Å². The van der Waals surface area contributed by atoms with Gasteiger partial charge in [0.25, 0.3) is 10.0 Å². The van der Waals surface area contributed by atoms with Crippen LogP contribution in [-0.4, -0.2) is 25.5 Å². The summed E-state index contributed by atoms with van der Waals surface area (Å²) in [5.41, 5.74) is 1.41. The quantitative estimate of drug-likeness (QED) is 0.448. The summed E-state index contributed by atoms with van der Waals surface area (Å²) in [7, 11) is -2.70. The van der Waals surface area contributed by atoms with Crippen LogP contribution in [0.3, 0.4) is 0 Å². The van der Waals surface area contributed by atoms with Crippen molar-refractivity contribution in [2.24, 2.45) is 0 Å². The first-order valence-electron chi connectivity index (χ1n) is 7.07. The second kappa shape index (κ2) is 6.21. The Hall–Kier alpha value is -1.87. The normalized spacial score (nSPS) is 11.6. The molecule has 0 atom stereocenters. The largest absolute Gasteiger partial charge is 0.464 e. The van der Waals surface area contributed by atoms with Crippen LogP contribution in [0.4, 0.5) is 0 Å². The fraction of sp³-hybridized carbons (Fsp3) is 0.118. The highest BCUT2D eigenvalue weighted by Gasteiger charge is 2.30. The molecule has 0 N–H and O–H groups in total. The number of esters is 1. The van der Waals surface area contributed by atoms with Gasteiger partial charge in [-0.25, -0.2) is 17.2 Å². The molecule has 24 heavy (non-hydrogen) atoms. The average Bonchev–Trinajstić information content (AvgIpc) is 2.88. The Kier molecular flexibility index (Phi) is 4.39. The molecule has 0 aliphatic heterocycles. The Bertz CT molecular complexity index is 1040. The lowest BCUT2D eigenvalue weighted by Gasteiger charge is -2.11. The molecule has 124 valence electrons. The minimum atomic E-state index is -3.94. The fourth-order valence-electron chi connectivity index (χ4n) is 2.51. The van der Waals surface area contributed by atoms with Crippen LogP contribution in [0.2, 0.25) is 0 Å².